The summed E-state index contributed by atoms with van der Waals surface area (Å²) >= 11 is 3.67. The van der Waals surface area contributed by atoms with Crippen molar-refractivity contribution in [2.75, 3.05) is 6.61 Å². The van der Waals surface area contributed by atoms with Gasteiger partial charge in [0.25, 0.3) is 0 Å². The van der Waals surface area contributed by atoms with Gasteiger partial charge in [0.2, 0.25) is 5.78 Å². The maximum absolute atomic E-state index is 17.5. The van der Waals surface area contributed by atoms with Crippen molar-refractivity contribution in [2.45, 2.75) is 88.9 Å². The molecule has 1 N–H and O–H groups in total. The lowest BCUT2D eigenvalue weighted by molar-refractivity contribution is -0.228. The molecule has 7 nitrogen and oxygen atoms in total. The van der Waals surface area contributed by atoms with Crippen LogP contribution in [0.4, 0.5) is 4.39 Å². The number of hydrogen-bond donors (Lipinski definition) is 1. The predicted molar refractivity (Wildman–Crippen MR) is 136 cm³/mol. The molecule has 37 heavy (non-hydrogen) atoms. The van der Waals surface area contributed by atoms with Gasteiger partial charge < -0.3 is 14.6 Å². The number of fused-ring (bicyclic) bond motifs is 5. The van der Waals surface area contributed by atoms with Crippen molar-refractivity contribution in [3.63, 3.8) is 0 Å². The molecule has 0 saturated heterocycles. The highest BCUT2D eigenvalue weighted by Gasteiger charge is 2.77. The molecule has 4 rings (SSSR count). The number of aliphatic hydroxyl groups is 1. The zero-order valence-electron chi connectivity index (χ0n) is 22.0. The number of esters is 2. The summed E-state index contributed by atoms with van der Waals surface area (Å²) < 4.78 is 28.7. The number of Topliss-reactive ketones (excluding diaryl/α,β-unsaturated/α-hetero) is 1. The van der Waals surface area contributed by atoms with Crippen molar-refractivity contribution >= 4 is 39.4 Å². The number of hydrogen-bond acceptors (Lipinski definition) is 7. The fraction of sp³-hybridized carbons (Fsp3) is 0.714. The average Bonchev–Trinajstić information content (AvgIpc) is 3.07. The van der Waals surface area contributed by atoms with Crippen LogP contribution in [0.5, 0.6) is 0 Å². The van der Waals surface area contributed by atoms with Gasteiger partial charge in [0.05, 0.1) is 6.10 Å². The van der Waals surface area contributed by atoms with Crippen molar-refractivity contribution < 1.29 is 38.1 Å². The third-order valence-corrected chi connectivity index (χ3v) is 10.7. The molecule has 0 aliphatic heterocycles. The normalized spacial score (nSPS) is 44.3. The Kier molecular flexibility index (Phi) is 7.15. The number of ether oxygens (including phenoxy) is 2. The summed E-state index contributed by atoms with van der Waals surface area (Å²) in [6.45, 7) is 7.99. The van der Waals surface area contributed by atoms with E-state index in [-0.39, 0.29) is 29.9 Å². The fourth-order valence-electron chi connectivity index (χ4n) is 8.00. The second-order valence-electron chi connectivity index (χ2n) is 11.5. The first kappa shape index (κ1) is 28.1. The lowest BCUT2D eigenvalue weighted by Crippen LogP contribution is -2.71. The number of halogens is 2. The van der Waals surface area contributed by atoms with E-state index < -0.39 is 70.3 Å². The minimum atomic E-state index is -2.10. The number of aliphatic hydroxyl groups excluding tert-OH is 1. The maximum atomic E-state index is 17.5. The van der Waals surface area contributed by atoms with Crippen LogP contribution in [0, 0.1) is 28.6 Å². The van der Waals surface area contributed by atoms with Crippen molar-refractivity contribution in [1.29, 1.82) is 0 Å². The molecule has 204 valence electrons. The van der Waals surface area contributed by atoms with Crippen LogP contribution >= 0.6 is 15.9 Å². The molecular formula is C28H36BrFO7. The van der Waals surface area contributed by atoms with Gasteiger partial charge in [-0.15, -0.1) is 0 Å². The van der Waals surface area contributed by atoms with Crippen LogP contribution in [0.2, 0.25) is 0 Å². The van der Waals surface area contributed by atoms with Crippen LogP contribution in [-0.2, 0) is 28.7 Å². The largest absolute Gasteiger partial charge is 0.457 e. The predicted octanol–water partition coefficient (Wildman–Crippen LogP) is 4.19. The van der Waals surface area contributed by atoms with Gasteiger partial charge in [-0.25, -0.2) is 4.39 Å². The molecule has 0 heterocycles. The zero-order valence-corrected chi connectivity index (χ0v) is 23.6. The highest BCUT2D eigenvalue weighted by atomic mass is 79.9. The van der Waals surface area contributed by atoms with Crippen molar-refractivity contribution in [3.05, 3.63) is 23.8 Å². The molecule has 3 fully saturated rings. The second-order valence-corrected chi connectivity index (χ2v) is 12.6. The molecule has 4 aliphatic rings. The van der Waals surface area contributed by atoms with Crippen LogP contribution in [0.15, 0.2) is 23.8 Å². The van der Waals surface area contributed by atoms with Gasteiger partial charge in [0.1, 0.15) is 0 Å². The van der Waals surface area contributed by atoms with Gasteiger partial charge in [-0.1, -0.05) is 49.7 Å². The molecule has 3 saturated carbocycles. The summed E-state index contributed by atoms with van der Waals surface area (Å²) in [7, 11) is 0. The summed E-state index contributed by atoms with van der Waals surface area (Å²) in [5, 5.41) is 11.6. The maximum Gasteiger partial charge on any atom is 0.306 e. The van der Waals surface area contributed by atoms with Crippen LogP contribution < -0.4 is 0 Å². The Labute approximate surface area is 225 Å². The van der Waals surface area contributed by atoms with E-state index in [0.29, 0.717) is 18.4 Å². The number of alkyl halides is 2. The van der Waals surface area contributed by atoms with E-state index in [0.717, 1.165) is 0 Å². The third-order valence-electron chi connectivity index (χ3n) is 9.80. The number of ketones is 2. The van der Waals surface area contributed by atoms with Crippen LogP contribution in [0.3, 0.4) is 0 Å². The smallest absolute Gasteiger partial charge is 0.306 e. The highest BCUT2D eigenvalue weighted by Crippen LogP contribution is 2.72. The molecule has 0 bridgehead atoms. The minimum Gasteiger partial charge on any atom is -0.457 e. The molecule has 0 aromatic rings. The topological polar surface area (TPSA) is 107 Å². The fourth-order valence-corrected chi connectivity index (χ4v) is 9.01. The van der Waals surface area contributed by atoms with E-state index >= 15 is 4.39 Å². The van der Waals surface area contributed by atoms with Crippen LogP contribution in [0.1, 0.15) is 66.7 Å². The molecule has 9 heteroatoms. The third kappa shape index (κ3) is 3.73. The van der Waals surface area contributed by atoms with Gasteiger partial charge in [-0.05, 0) is 49.8 Å². The Morgan fingerprint density at radius 1 is 1.14 bits per heavy atom. The summed E-state index contributed by atoms with van der Waals surface area (Å²) in [5.74, 6) is -3.51. The lowest BCUT2D eigenvalue weighted by Gasteiger charge is -2.63. The molecule has 0 aromatic carbocycles. The van der Waals surface area contributed by atoms with Gasteiger partial charge in [0, 0.05) is 40.3 Å². The van der Waals surface area contributed by atoms with E-state index in [9.17, 15) is 24.3 Å². The molecule has 0 spiro atoms. The first-order chi connectivity index (χ1) is 17.2. The molecule has 4 aliphatic carbocycles. The monoisotopic (exact) mass is 582 g/mol. The summed E-state index contributed by atoms with van der Waals surface area (Å²) in [6.07, 6.45) is 3.56. The molecule has 0 radical (unpaired) electrons. The molecule has 0 amide bonds. The Hall–Kier alpha value is -1.87. The summed E-state index contributed by atoms with van der Waals surface area (Å²) in [5.41, 5.74) is -5.52. The first-order valence-electron chi connectivity index (χ1n) is 13.1. The quantitative estimate of drug-likeness (QED) is 0.369. The van der Waals surface area contributed by atoms with Crippen LogP contribution in [0.25, 0.3) is 0 Å². The second kappa shape index (κ2) is 9.40. The highest BCUT2D eigenvalue weighted by molar-refractivity contribution is 9.09. The molecular weight excluding hydrogens is 547 g/mol. The van der Waals surface area contributed by atoms with Crippen LogP contribution in [-0.4, -0.2) is 57.4 Å². The van der Waals surface area contributed by atoms with Gasteiger partial charge in [0.15, 0.2) is 23.7 Å². The summed E-state index contributed by atoms with van der Waals surface area (Å²) in [6, 6.07) is 0. The van der Waals surface area contributed by atoms with E-state index in [1.54, 1.807) is 40.7 Å². The molecule has 0 aromatic heterocycles. The standard InChI is InChI=1S/C28H36BrFO7/c1-6-23(34)36-14-22(33)28(37-24(35)7-2)15(3)10-17-18-12-20(29)19-11-16(31)8-9-25(19,4)27(18,30)21(32)13-26(17,28)5/h8-9,11,15,17-18,20-21,32H,6-7,10,12-14H2,1-5H3/t15-,17-,18-,20+,21-,25-,26+,27-,28-/m0/s1. The van der Waals surface area contributed by atoms with Crippen molar-refractivity contribution in [3.8, 4) is 0 Å². The Bertz CT molecular complexity index is 1090. The summed E-state index contributed by atoms with van der Waals surface area (Å²) in [4.78, 5) is 50.3. The number of carbonyl (C=O) groups excluding carboxylic acids is 4. The van der Waals surface area contributed by atoms with Crippen molar-refractivity contribution in [2.24, 2.45) is 28.6 Å². The Morgan fingerprint density at radius 3 is 2.41 bits per heavy atom. The van der Waals surface area contributed by atoms with E-state index in [1.165, 1.54) is 12.2 Å². The zero-order chi connectivity index (χ0) is 27.6. The SMILES string of the molecule is CCC(=O)OCC(=O)[C@@]1(OC(=O)CC)[C@@H](C)C[C@H]2[C@@H]3C[C@@H](Br)C4=CC(=O)C=C[C@]4(C)[C@@]3(F)[C@@H](O)C[C@]21C. The minimum absolute atomic E-state index is 0.0325. The van der Waals surface area contributed by atoms with E-state index in [4.69, 9.17) is 9.47 Å². The van der Waals surface area contributed by atoms with Crippen molar-refractivity contribution in [1.82, 2.24) is 0 Å². The average molecular weight is 583 g/mol. The Morgan fingerprint density at radius 2 is 1.78 bits per heavy atom. The van der Waals surface area contributed by atoms with E-state index in [1.807, 2.05) is 0 Å². The molecule has 9 atom stereocenters. The molecule has 0 unspecified atom stereocenters. The number of rotatable bonds is 6. The van der Waals surface area contributed by atoms with Gasteiger partial charge in [-0.3, -0.25) is 19.2 Å². The lowest BCUT2D eigenvalue weighted by atomic mass is 9.44. The van der Waals surface area contributed by atoms with Gasteiger partial charge >= 0.3 is 11.9 Å². The first-order valence-corrected chi connectivity index (χ1v) is 14.0. The van der Waals surface area contributed by atoms with E-state index in [2.05, 4.69) is 15.9 Å². The number of allylic oxidation sites excluding steroid dienone is 4. The Balaban J connectivity index is 1.83. The number of carbonyl (C=O) groups is 4. The van der Waals surface area contributed by atoms with Gasteiger partial charge in [-0.2, -0.15) is 0 Å².